The van der Waals surface area contributed by atoms with Gasteiger partial charge in [0.2, 0.25) is 0 Å². The highest BCUT2D eigenvalue weighted by Crippen LogP contribution is 2.34. The Kier molecular flexibility index (Phi) is 7.05. The van der Waals surface area contributed by atoms with Crippen molar-refractivity contribution in [2.24, 2.45) is 0 Å². The molecular weight excluding hydrogens is 494 g/mol. The number of hydrogen-bond acceptors (Lipinski definition) is 11. The molecule has 3 aromatic heterocycles. The van der Waals surface area contributed by atoms with Gasteiger partial charge in [-0.1, -0.05) is 12.1 Å². The maximum atomic E-state index is 12.2. The zero-order chi connectivity index (χ0) is 26.8. The average molecular weight is 522 g/mol. The quantitative estimate of drug-likeness (QED) is 0.260. The molecule has 13 nitrogen and oxygen atoms in total. The van der Waals surface area contributed by atoms with E-state index in [1.54, 1.807) is 25.6 Å². The van der Waals surface area contributed by atoms with E-state index in [2.05, 4.69) is 25.6 Å². The highest BCUT2D eigenvalue weighted by Gasteiger charge is 2.47. The van der Waals surface area contributed by atoms with E-state index in [0.29, 0.717) is 40.7 Å². The lowest BCUT2D eigenvalue weighted by atomic mass is 10.1. The second-order valence-corrected chi connectivity index (χ2v) is 8.58. The number of pyridine rings is 1. The molecule has 4 atom stereocenters. The molecule has 1 aliphatic rings. The Morgan fingerprint density at radius 3 is 2.68 bits per heavy atom. The Labute approximate surface area is 217 Å². The molecule has 1 aromatic carbocycles. The Balaban J connectivity index is 1.57. The summed E-state index contributed by atoms with van der Waals surface area (Å²) in [6.45, 7) is 0.409. The van der Waals surface area contributed by atoms with Crippen LogP contribution in [0.2, 0.25) is 0 Å². The van der Waals surface area contributed by atoms with E-state index in [4.69, 9.17) is 19.2 Å². The second kappa shape index (κ2) is 10.6. The fourth-order valence-corrected chi connectivity index (χ4v) is 4.22. The number of hydrogen-bond donors (Lipinski definition) is 4. The number of aliphatic hydroxyl groups excluding tert-OH is 2. The number of ether oxygens (including phenoxy) is 3. The Morgan fingerprint density at radius 1 is 1.11 bits per heavy atom. The number of anilines is 1. The van der Waals surface area contributed by atoms with Gasteiger partial charge >= 0.3 is 0 Å². The standard InChI is InChI=1S/C25H27N7O6/c1-26-24(35)20-18(33)19(34)25(38-20)32-12-29-17-22(28-9-13-5-4-6-15(7-13)36-2)30-21(31-23(17)32)14-8-16(37-3)11-27-10-14/h4-8,10-12,18-20,25,33-34H,9H2,1-3H3,(H,26,35)(H,28,30,31). The first kappa shape index (κ1) is 25.3. The first-order chi connectivity index (χ1) is 18.4. The third kappa shape index (κ3) is 4.69. The first-order valence-electron chi connectivity index (χ1n) is 11.8. The van der Waals surface area contributed by atoms with Gasteiger partial charge in [0.15, 0.2) is 35.1 Å². The summed E-state index contributed by atoms with van der Waals surface area (Å²) in [5.41, 5.74) is 2.26. The van der Waals surface area contributed by atoms with Crippen molar-refractivity contribution in [1.29, 1.82) is 0 Å². The third-order valence-corrected chi connectivity index (χ3v) is 6.24. The number of nitrogens with zero attached hydrogens (tertiary/aromatic N) is 5. The van der Waals surface area contributed by atoms with Crippen LogP contribution in [0.15, 0.2) is 49.1 Å². The molecule has 1 aliphatic heterocycles. The molecule has 13 heteroatoms. The maximum absolute atomic E-state index is 12.2. The number of aliphatic hydroxyl groups is 2. The monoisotopic (exact) mass is 521 g/mol. The Hall–Kier alpha value is -4.33. The van der Waals surface area contributed by atoms with Gasteiger partial charge < -0.3 is 35.1 Å². The predicted octanol–water partition coefficient (Wildman–Crippen LogP) is 0.883. The minimum absolute atomic E-state index is 0.315. The summed E-state index contributed by atoms with van der Waals surface area (Å²) in [7, 11) is 4.56. The summed E-state index contributed by atoms with van der Waals surface area (Å²) in [6, 6.07) is 9.34. The van der Waals surface area contributed by atoms with Crippen molar-refractivity contribution in [2.45, 2.75) is 31.1 Å². The molecule has 0 radical (unpaired) electrons. The molecule has 0 aliphatic carbocycles. The molecule has 38 heavy (non-hydrogen) atoms. The molecular formula is C25H27N7O6. The number of carbonyl (C=O) groups excluding carboxylic acids is 1. The molecule has 4 aromatic rings. The molecule has 5 rings (SSSR count). The van der Waals surface area contributed by atoms with Crippen LogP contribution >= 0.6 is 0 Å². The van der Waals surface area contributed by atoms with Crippen LogP contribution in [-0.2, 0) is 16.1 Å². The van der Waals surface area contributed by atoms with Gasteiger partial charge in [-0.3, -0.25) is 14.3 Å². The van der Waals surface area contributed by atoms with Crippen molar-refractivity contribution in [2.75, 3.05) is 26.6 Å². The number of amides is 1. The van der Waals surface area contributed by atoms with E-state index in [-0.39, 0.29) is 0 Å². The highest BCUT2D eigenvalue weighted by atomic mass is 16.6. The van der Waals surface area contributed by atoms with Gasteiger partial charge in [-0.2, -0.15) is 0 Å². The number of imidazole rings is 1. The number of benzene rings is 1. The van der Waals surface area contributed by atoms with Crippen LogP contribution in [-0.4, -0.2) is 80.2 Å². The topological polar surface area (TPSA) is 166 Å². The summed E-state index contributed by atoms with van der Waals surface area (Å²) in [5.74, 6) is 1.43. The normalized spacial score (nSPS) is 20.9. The molecule has 1 fully saturated rings. The minimum Gasteiger partial charge on any atom is -0.497 e. The second-order valence-electron chi connectivity index (χ2n) is 8.58. The van der Waals surface area contributed by atoms with Crippen molar-refractivity contribution in [3.63, 3.8) is 0 Å². The first-order valence-corrected chi connectivity index (χ1v) is 11.8. The van der Waals surface area contributed by atoms with Crippen LogP contribution in [0, 0.1) is 0 Å². The third-order valence-electron chi connectivity index (χ3n) is 6.24. The van der Waals surface area contributed by atoms with Crippen LogP contribution in [0.25, 0.3) is 22.6 Å². The van der Waals surface area contributed by atoms with Gasteiger partial charge in [0.1, 0.15) is 23.7 Å². The summed E-state index contributed by atoms with van der Waals surface area (Å²) in [6.07, 6.45) is -0.621. The summed E-state index contributed by atoms with van der Waals surface area (Å²) >= 11 is 0. The maximum Gasteiger partial charge on any atom is 0.251 e. The number of nitrogens with one attached hydrogen (secondary N) is 2. The molecule has 0 saturated carbocycles. The van der Waals surface area contributed by atoms with Crippen LogP contribution in [0.4, 0.5) is 5.82 Å². The van der Waals surface area contributed by atoms with Crippen LogP contribution in [0.5, 0.6) is 11.5 Å². The fourth-order valence-electron chi connectivity index (χ4n) is 4.22. The zero-order valence-corrected chi connectivity index (χ0v) is 20.9. The zero-order valence-electron chi connectivity index (χ0n) is 20.9. The van der Waals surface area contributed by atoms with Gasteiger partial charge in [0, 0.05) is 25.4 Å². The van der Waals surface area contributed by atoms with Crippen LogP contribution < -0.4 is 20.1 Å². The smallest absolute Gasteiger partial charge is 0.251 e. The minimum atomic E-state index is -1.44. The summed E-state index contributed by atoms with van der Waals surface area (Å²) < 4.78 is 17.8. The predicted molar refractivity (Wildman–Crippen MR) is 135 cm³/mol. The number of fused-ring (bicyclic) bond motifs is 1. The van der Waals surface area contributed by atoms with Gasteiger partial charge in [-0.05, 0) is 23.8 Å². The SMILES string of the molecule is CNC(=O)C1OC(n2cnc3c(NCc4cccc(OC)c4)nc(-c4cncc(OC)c4)nc32)C(O)C1O. The summed E-state index contributed by atoms with van der Waals surface area (Å²) in [5, 5.41) is 26.9. The molecule has 1 amide bonds. The largest absolute Gasteiger partial charge is 0.497 e. The van der Waals surface area contributed by atoms with E-state index in [1.165, 1.54) is 25.1 Å². The number of rotatable bonds is 8. The molecule has 4 heterocycles. The van der Waals surface area contributed by atoms with E-state index in [1.807, 2.05) is 24.3 Å². The lowest BCUT2D eigenvalue weighted by Gasteiger charge is -2.17. The summed E-state index contributed by atoms with van der Waals surface area (Å²) in [4.78, 5) is 30.2. The number of aromatic nitrogens is 5. The number of methoxy groups -OCH3 is 2. The van der Waals surface area contributed by atoms with Gasteiger partial charge in [0.25, 0.3) is 5.91 Å². The molecule has 198 valence electrons. The van der Waals surface area contributed by atoms with Crippen molar-refractivity contribution >= 4 is 22.9 Å². The van der Waals surface area contributed by atoms with Crippen molar-refractivity contribution in [3.05, 3.63) is 54.6 Å². The fraction of sp³-hybridized carbons (Fsp3) is 0.320. The molecule has 4 unspecified atom stereocenters. The lowest BCUT2D eigenvalue weighted by molar-refractivity contribution is -0.137. The van der Waals surface area contributed by atoms with Crippen molar-refractivity contribution < 1.29 is 29.2 Å². The Bertz CT molecular complexity index is 1460. The van der Waals surface area contributed by atoms with Crippen molar-refractivity contribution in [1.82, 2.24) is 29.8 Å². The highest BCUT2D eigenvalue weighted by molar-refractivity contribution is 5.85. The van der Waals surface area contributed by atoms with E-state index < -0.39 is 30.4 Å². The van der Waals surface area contributed by atoms with E-state index >= 15 is 0 Å². The average Bonchev–Trinajstić information content (AvgIpc) is 3.51. The van der Waals surface area contributed by atoms with Gasteiger partial charge in [-0.15, -0.1) is 0 Å². The van der Waals surface area contributed by atoms with Gasteiger partial charge in [-0.25, -0.2) is 15.0 Å². The van der Waals surface area contributed by atoms with Gasteiger partial charge in [0.05, 0.1) is 26.7 Å². The van der Waals surface area contributed by atoms with Crippen LogP contribution in [0.1, 0.15) is 11.8 Å². The number of carbonyl (C=O) groups is 1. The molecule has 4 N–H and O–H groups in total. The van der Waals surface area contributed by atoms with E-state index in [9.17, 15) is 15.0 Å². The van der Waals surface area contributed by atoms with E-state index in [0.717, 1.165) is 11.3 Å². The molecule has 0 spiro atoms. The van der Waals surface area contributed by atoms with Crippen molar-refractivity contribution in [3.8, 4) is 22.9 Å². The van der Waals surface area contributed by atoms with Crippen LogP contribution in [0.3, 0.4) is 0 Å². The molecule has 1 saturated heterocycles. The molecule has 0 bridgehead atoms. The lowest BCUT2D eigenvalue weighted by Crippen LogP contribution is -2.41. The Morgan fingerprint density at radius 2 is 1.92 bits per heavy atom. The number of likely N-dealkylation sites (N-methyl/N-ethyl adjacent to an activating group) is 1.